The van der Waals surface area contributed by atoms with Crippen molar-refractivity contribution in [1.29, 1.82) is 0 Å². The van der Waals surface area contributed by atoms with E-state index in [9.17, 15) is 8.42 Å². The number of hydrogen-bond acceptors (Lipinski definition) is 5. The summed E-state index contributed by atoms with van der Waals surface area (Å²) >= 11 is 8.46. The van der Waals surface area contributed by atoms with Gasteiger partial charge in [-0.05, 0) is 58.7 Å². The Morgan fingerprint density at radius 3 is 2.59 bits per heavy atom. The van der Waals surface area contributed by atoms with Gasteiger partial charge in [0, 0.05) is 16.8 Å². The maximum atomic E-state index is 13.4. The highest BCUT2D eigenvalue weighted by molar-refractivity contribution is 9.10. The van der Waals surface area contributed by atoms with E-state index in [0.29, 0.717) is 29.1 Å². The Labute approximate surface area is 180 Å². The topological polar surface area (TPSA) is 55.8 Å². The third-order valence-corrected chi connectivity index (χ3v) is 8.49. The van der Waals surface area contributed by atoms with E-state index < -0.39 is 10.0 Å². The van der Waals surface area contributed by atoms with Gasteiger partial charge in [-0.25, -0.2) is 8.42 Å². The maximum Gasteiger partial charge on any atom is 0.248 e. The summed E-state index contributed by atoms with van der Waals surface area (Å²) in [4.78, 5) is 0.179. The largest absolute Gasteiger partial charge is 0.496 e. The molecule has 0 N–H and O–H groups in total. The van der Waals surface area contributed by atoms with Gasteiger partial charge in [0.1, 0.15) is 16.4 Å². The van der Waals surface area contributed by atoms with Crippen LogP contribution in [0.2, 0.25) is 0 Å². The van der Waals surface area contributed by atoms with E-state index in [4.69, 9.17) is 9.47 Å². The molecule has 0 aromatic heterocycles. The zero-order valence-corrected chi connectivity index (χ0v) is 19.6. The normalized spacial score (nSPS) is 17.9. The number of thioether (sulfide) groups is 1. The molecular weight excluding hydrogens is 518 g/mol. The molecule has 2 aromatic rings. The first kappa shape index (κ1) is 21.0. The Bertz CT molecular complexity index is 937. The summed E-state index contributed by atoms with van der Waals surface area (Å²) in [5.41, 5.74) is 0.904. The van der Waals surface area contributed by atoms with Crippen molar-refractivity contribution in [2.24, 2.45) is 0 Å². The highest BCUT2D eigenvalue weighted by Gasteiger charge is 2.38. The van der Waals surface area contributed by atoms with Crippen LogP contribution in [0.3, 0.4) is 0 Å². The van der Waals surface area contributed by atoms with Crippen molar-refractivity contribution in [3.63, 3.8) is 0 Å². The van der Waals surface area contributed by atoms with Crippen LogP contribution in [0.1, 0.15) is 17.9 Å². The van der Waals surface area contributed by atoms with Crippen molar-refractivity contribution in [3.05, 3.63) is 50.9 Å². The monoisotopic (exact) mass is 535 g/mol. The zero-order valence-electron chi connectivity index (χ0n) is 14.8. The molecule has 1 saturated heterocycles. The fourth-order valence-corrected chi connectivity index (χ4v) is 7.34. The van der Waals surface area contributed by atoms with E-state index in [0.717, 1.165) is 15.8 Å². The molecule has 0 bridgehead atoms. The Morgan fingerprint density at radius 2 is 1.93 bits per heavy atom. The fraction of sp³-hybridized carbons (Fsp3) is 0.333. The smallest absolute Gasteiger partial charge is 0.248 e. The lowest BCUT2D eigenvalue weighted by atomic mass is 10.2. The Morgan fingerprint density at radius 1 is 1.19 bits per heavy atom. The van der Waals surface area contributed by atoms with Crippen LogP contribution in [-0.2, 0) is 10.0 Å². The lowest BCUT2D eigenvalue weighted by Crippen LogP contribution is -2.31. The average Bonchev–Trinajstić information content (AvgIpc) is 3.14. The average molecular weight is 537 g/mol. The molecule has 2 aromatic carbocycles. The van der Waals surface area contributed by atoms with Crippen LogP contribution in [0.5, 0.6) is 11.5 Å². The summed E-state index contributed by atoms with van der Waals surface area (Å²) < 4.78 is 40.8. The molecule has 0 aliphatic carbocycles. The van der Waals surface area contributed by atoms with Crippen LogP contribution >= 0.6 is 43.6 Å². The van der Waals surface area contributed by atoms with Crippen LogP contribution < -0.4 is 9.47 Å². The van der Waals surface area contributed by atoms with Crippen LogP contribution in [0.4, 0.5) is 0 Å². The lowest BCUT2D eigenvalue weighted by molar-refractivity contribution is 0.329. The van der Waals surface area contributed by atoms with Gasteiger partial charge in [0.2, 0.25) is 10.0 Å². The van der Waals surface area contributed by atoms with Crippen molar-refractivity contribution in [3.8, 4) is 11.5 Å². The molecule has 27 heavy (non-hydrogen) atoms. The van der Waals surface area contributed by atoms with E-state index in [-0.39, 0.29) is 10.3 Å². The molecule has 0 radical (unpaired) electrons. The second kappa shape index (κ2) is 8.73. The fourth-order valence-electron chi connectivity index (χ4n) is 2.88. The first-order valence-corrected chi connectivity index (χ1v) is 12.3. The van der Waals surface area contributed by atoms with Gasteiger partial charge in [0.15, 0.2) is 0 Å². The lowest BCUT2D eigenvalue weighted by Gasteiger charge is -2.25. The van der Waals surface area contributed by atoms with Crippen molar-refractivity contribution >= 4 is 53.6 Å². The molecule has 1 aliphatic heterocycles. The number of halogens is 2. The summed E-state index contributed by atoms with van der Waals surface area (Å²) in [7, 11) is -2.13. The standard InChI is InChI=1S/C18H19Br2NO4S2/c1-3-25-16-7-5-13(19)11-17(16)27(22,23)21-8-9-26-18(21)12-4-6-15(24-2)14(20)10-12/h4-7,10-11,18H,3,8-9H2,1-2H3. The van der Waals surface area contributed by atoms with Gasteiger partial charge >= 0.3 is 0 Å². The third kappa shape index (κ3) is 4.32. The summed E-state index contributed by atoms with van der Waals surface area (Å²) in [5, 5.41) is -0.300. The minimum atomic E-state index is -3.73. The SMILES string of the molecule is CCOc1ccc(Br)cc1S(=O)(=O)N1CCSC1c1ccc(OC)c(Br)c1. The number of hydrogen-bond donors (Lipinski definition) is 0. The van der Waals surface area contributed by atoms with Gasteiger partial charge in [0.25, 0.3) is 0 Å². The molecule has 5 nitrogen and oxygen atoms in total. The molecule has 0 spiro atoms. The summed E-state index contributed by atoms with van der Waals surface area (Å²) in [6.45, 7) is 2.68. The summed E-state index contributed by atoms with van der Waals surface area (Å²) in [5.74, 6) is 1.81. The Kier molecular flexibility index (Phi) is 6.79. The van der Waals surface area contributed by atoms with E-state index in [1.807, 2.05) is 25.1 Å². The highest BCUT2D eigenvalue weighted by Crippen LogP contribution is 2.44. The molecule has 3 rings (SSSR count). The number of nitrogens with zero attached hydrogens (tertiary/aromatic N) is 1. The molecule has 1 fully saturated rings. The van der Waals surface area contributed by atoms with Crippen molar-refractivity contribution in [2.45, 2.75) is 17.2 Å². The maximum absolute atomic E-state index is 13.4. The van der Waals surface area contributed by atoms with E-state index in [1.165, 1.54) is 4.31 Å². The molecule has 0 saturated carbocycles. The molecule has 146 valence electrons. The van der Waals surface area contributed by atoms with Gasteiger partial charge in [-0.3, -0.25) is 0 Å². The predicted octanol–water partition coefficient (Wildman–Crippen LogP) is 5.06. The third-order valence-electron chi connectivity index (χ3n) is 4.10. The van der Waals surface area contributed by atoms with E-state index in [1.54, 1.807) is 37.1 Å². The van der Waals surface area contributed by atoms with E-state index >= 15 is 0 Å². The van der Waals surface area contributed by atoms with Gasteiger partial charge in [-0.1, -0.05) is 22.0 Å². The Hall–Kier alpha value is -0.740. The van der Waals surface area contributed by atoms with Crippen LogP contribution in [0, 0.1) is 0 Å². The molecule has 1 atom stereocenters. The predicted molar refractivity (Wildman–Crippen MR) is 115 cm³/mol. The van der Waals surface area contributed by atoms with Gasteiger partial charge in [-0.15, -0.1) is 11.8 Å². The van der Waals surface area contributed by atoms with Crippen molar-refractivity contribution in [2.75, 3.05) is 26.0 Å². The van der Waals surface area contributed by atoms with Crippen molar-refractivity contribution < 1.29 is 17.9 Å². The van der Waals surface area contributed by atoms with Crippen LogP contribution in [0.25, 0.3) is 0 Å². The number of sulfonamides is 1. The van der Waals surface area contributed by atoms with Gasteiger partial charge in [-0.2, -0.15) is 4.31 Å². The van der Waals surface area contributed by atoms with E-state index in [2.05, 4.69) is 31.9 Å². The van der Waals surface area contributed by atoms with Gasteiger partial charge in [0.05, 0.1) is 23.6 Å². The minimum absolute atomic E-state index is 0.179. The summed E-state index contributed by atoms with van der Waals surface area (Å²) in [6, 6.07) is 10.7. The number of rotatable bonds is 6. The molecule has 0 amide bonds. The van der Waals surface area contributed by atoms with Crippen molar-refractivity contribution in [1.82, 2.24) is 4.31 Å². The first-order chi connectivity index (χ1) is 12.9. The molecule has 1 aliphatic rings. The number of methoxy groups -OCH3 is 1. The molecule has 1 unspecified atom stereocenters. The first-order valence-electron chi connectivity index (χ1n) is 8.27. The van der Waals surface area contributed by atoms with Crippen LogP contribution in [-0.4, -0.2) is 38.7 Å². The second-order valence-electron chi connectivity index (χ2n) is 5.76. The number of benzene rings is 2. The zero-order chi connectivity index (χ0) is 19.6. The Balaban J connectivity index is 2.01. The number of ether oxygens (including phenoxy) is 2. The molecule has 9 heteroatoms. The summed E-state index contributed by atoms with van der Waals surface area (Å²) in [6.07, 6.45) is 0. The highest BCUT2D eigenvalue weighted by atomic mass is 79.9. The van der Waals surface area contributed by atoms with Crippen LogP contribution in [0.15, 0.2) is 50.2 Å². The second-order valence-corrected chi connectivity index (χ2v) is 10.6. The minimum Gasteiger partial charge on any atom is -0.496 e. The van der Waals surface area contributed by atoms with Gasteiger partial charge < -0.3 is 9.47 Å². The quantitative estimate of drug-likeness (QED) is 0.516. The molecular formula is C18H19Br2NO4S2. The molecule has 1 heterocycles.